The van der Waals surface area contributed by atoms with Gasteiger partial charge in [-0.2, -0.15) is 5.10 Å². The summed E-state index contributed by atoms with van der Waals surface area (Å²) >= 11 is 0. The van der Waals surface area contributed by atoms with Crippen molar-refractivity contribution >= 4 is 17.6 Å². The third-order valence-corrected chi connectivity index (χ3v) is 4.95. The van der Waals surface area contributed by atoms with Crippen LogP contribution in [0.25, 0.3) is 0 Å². The second-order valence-corrected chi connectivity index (χ2v) is 6.38. The van der Waals surface area contributed by atoms with Gasteiger partial charge in [0.15, 0.2) is 6.29 Å². The first-order chi connectivity index (χ1) is 11.5. The van der Waals surface area contributed by atoms with E-state index in [0.29, 0.717) is 6.54 Å². The van der Waals surface area contributed by atoms with Crippen molar-refractivity contribution < 1.29 is 9.59 Å². The molecule has 3 amide bonds. The van der Waals surface area contributed by atoms with Crippen LogP contribution in [-0.4, -0.2) is 83.5 Å². The number of amides is 3. The molecule has 3 heterocycles. The van der Waals surface area contributed by atoms with Crippen LogP contribution in [-0.2, 0) is 4.79 Å². The average Bonchev–Trinajstić information content (AvgIpc) is 2.99. The maximum Gasteiger partial charge on any atom is 0.327 e. The molecule has 0 aromatic heterocycles. The zero-order chi connectivity index (χ0) is 17.0. The molecule has 3 aliphatic heterocycles. The van der Waals surface area contributed by atoms with Gasteiger partial charge < -0.3 is 4.90 Å². The summed E-state index contributed by atoms with van der Waals surface area (Å²) < 4.78 is 0. The van der Waals surface area contributed by atoms with Crippen molar-refractivity contribution in [2.75, 3.05) is 27.7 Å². The van der Waals surface area contributed by atoms with Gasteiger partial charge in [-0.05, 0) is 5.56 Å². The van der Waals surface area contributed by atoms with Gasteiger partial charge in [0.05, 0.1) is 5.71 Å². The molecule has 8 heteroatoms. The van der Waals surface area contributed by atoms with Gasteiger partial charge in [-0.1, -0.05) is 30.3 Å². The van der Waals surface area contributed by atoms with Crippen molar-refractivity contribution in [2.24, 2.45) is 5.10 Å². The van der Waals surface area contributed by atoms with Gasteiger partial charge in [0.25, 0.3) is 5.91 Å². The summed E-state index contributed by atoms with van der Waals surface area (Å²) in [5.41, 5.74) is 1.94. The molecule has 8 nitrogen and oxygen atoms in total. The first kappa shape index (κ1) is 15.1. The molecule has 3 aliphatic rings. The van der Waals surface area contributed by atoms with Gasteiger partial charge in [0.1, 0.15) is 12.2 Å². The highest BCUT2D eigenvalue weighted by atomic mass is 16.2. The first-order valence-corrected chi connectivity index (χ1v) is 7.91. The second kappa shape index (κ2) is 5.29. The SMILES string of the molecule is CN1C(=O)C2C(NC3N(C)N=C(c4ccccc4)CN23)N(C)C1=O. The van der Waals surface area contributed by atoms with Crippen LogP contribution in [0.4, 0.5) is 4.79 Å². The van der Waals surface area contributed by atoms with E-state index in [0.717, 1.165) is 11.3 Å². The molecule has 0 saturated carbocycles. The number of hydrazone groups is 1. The zero-order valence-electron chi connectivity index (χ0n) is 13.9. The number of hydrogen-bond donors (Lipinski definition) is 1. The van der Waals surface area contributed by atoms with Crippen LogP contribution < -0.4 is 5.32 Å². The Balaban J connectivity index is 1.69. The molecule has 1 aromatic carbocycles. The highest BCUT2D eigenvalue weighted by Crippen LogP contribution is 2.29. The largest absolute Gasteiger partial charge is 0.327 e. The molecule has 1 aromatic rings. The van der Waals surface area contributed by atoms with Crippen LogP contribution in [0.1, 0.15) is 5.56 Å². The molecule has 3 atom stereocenters. The summed E-state index contributed by atoms with van der Waals surface area (Å²) in [5.74, 6) is -0.180. The van der Waals surface area contributed by atoms with E-state index in [-0.39, 0.29) is 24.4 Å². The third-order valence-electron chi connectivity index (χ3n) is 4.95. The maximum atomic E-state index is 12.7. The summed E-state index contributed by atoms with van der Waals surface area (Å²) in [5, 5.41) is 9.82. The number of fused-ring (bicyclic) bond motifs is 3. The van der Waals surface area contributed by atoms with Gasteiger partial charge >= 0.3 is 6.03 Å². The van der Waals surface area contributed by atoms with Crippen molar-refractivity contribution in [3.8, 4) is 0 Å². The van der Waals surface area contributed by atoms with Crippen molar-refractivity contribution in [1.29, 1.82) is 0 Å². The summed E-state index contributed by atoms with van der Waals surface area (Å²) in [6.07, 6.45) is -0.558. The Bertz CT molecular complexity index is 721. The fraction of sp³-hybridized carbons (Fsp3) is 0.438. The average molecular weight is 328 g/mol. The van der Waals surface area contributed by atoms with Gasteiger partial charge in [0, 0.05) is 27.7 Å². The predicted octanol–water partition coefficient (Wildman–Crippen LogP) is -0.257. The minimum Gasteiger partial charge on any atom is -0.310 e. The van der Waals surface area contributed by atoms with Gasteiger partial charge in [-0.25, -0.2) is 9.69 Å². The number of hydrogen-bond acceptors (Lipinski definition) is 6. The Kier molecular flexibility index (Phi) is 3.33. The van der Waals surface area contributed by atoms with E-state index in [2.05, 4.69) is 15.3 Å². The van der Waals surface area contributed by atoms with E-state index < -0.39 is 6.04 Å². The smallest absolute Gasteiger partial charge is 0.310 e. The third kappa shape index (κ3) is 2.03. The number of carbonyl (C=O) groups is 2. The molecule has 0 aliphatic carbocycles. The van der Waals surface area contributed by atoms with Gasteiger partial charge in [-0.3, -0.25) is 20.0 Å². The number of nitrogens with zero attached hydrogens (tertiary/aromatic N) is 5. The molecule has 4 rings (SSSR count). The second-order valence-electron chi connectivity index (χ2n) is 6.38. The Hall–Kier alpha value is -2.45. The minimum absolute atomic E-state index is 0.180. The lowest BCUT2D eigenvalue weighted by Crippen LogP contribution is -2.65. The van der Waals surface area contributed by atoms with Crippen LogP contribution in [0.15, 0.2) is 35.4 Å². The highest BCUT2D eigenvalue weighted by Gasteiger charge is 2.55. The molecule has 2 fully saturated rings. The number of likely N-dealkylation sites (N-methyl/N-ethyl adjacent to an activating group) is 2. The standard InChI is InChI=1S/C16H20N6O2/c1-19-13-12(14(23)20(2)16(19)24)22-9-11(10-7-5-4-6-8-10)18-21(3)15(22)17-13/h4-8,12-13,15,17H,9H2,1-3H3. The summed E-state index contributed by atoms with van der Waals surface area (Å²) in [6, 6.07) is 9.23. The molecular formula is C16H20N6O2. The van der Waals surface area contributed by atoms with E-state index in [9.17, 15) is 9.59 Å². The minimum atomic E-state index is -0.417. The molecule has 126 valence electrons. The number of urea groups is 1. The number of carbonyl (C=O) groups excluding carboxylic acids is 2. The Morgan fingerprint density at radius 3 is 2.54 bits per heavy atom. The predicted molar refractivity (Wildman–Crippen MR) is 87.9 cm³/mol. The van der Waals surface area contributed by atoms with Crippen molar-refractivity contribution in [1.82, 2.24) is 25.0 Å². The van der Waals surface area contributed by atoms with Crippen molar-refractivity contribution in [3.63, 3.8) is 0 Å². The van der Waals surface area contributed by atoms with Crippen LogP contribution in [0, 0.1) is 0 Å². The van der Waals surface area contributed by atoms with Crippen LogP contribution >= 0.6 is 0 Å². The van der Waals surface area contributed by atoms with E-state index >= 15 is 0 Å². The lowest BCUT2D eigenvalue weighted by atomic mass is 10.1. The van der Waals surface area contributed by atoms with Gasteiger partial charge in [-0.15, -0.1) is 0 Å². The van der Waals surface area contributed by atoms with E-state index in [1.54, 1.807) is 11.9 Å². The zero-order valence-corrected chi connectivity index (χ0v) is 13.9. The molecular weight excluding hydrogens is 308 g/mol. The quantitative estimate of drug-likeness (QED) is 0.769. The Morgan fingerprint density at radius 2 is 1.83 bits per heavy atom. The summed E-state index contributed by atoms with van der Waals surface area (Å²) in [4.78, 5) is 29.7. The lowest BCUT2D eigenvalue weighted by molar-refractivity contribution is -0.137. The molecule has 0 bridgehead atoms. The van der Waals surface area contributed by atoms with E-state index in [1.807, 2.05) is 42.4 Å². The van der Waals surface area contributed by atoms with Crippen LogP contribution in [0.5, 0.6) is 0 Å². The normalized spacial score (nSPS) is 30.4. The molecule has 1 N–H and O–H groups in total. The summed E-state index contributed by atoms with van der Waals surface area (Å²) in [7, 11) is 5.12. The lowest BCUT2D eigenvalue weighted by Gasteiger charge is -2.41. The molecule has 0 spiro atoms. The number of rotatable bonds is 1. The highest BCUT2D eigenvalue weighted by molar-refractivity contribution is 6.04. The molecule has 3 unspecified atom stereocenters. The molecule has 0 radical (unpaired) electrons. The Morgan fingerprint density at radius 1 is 1.12 bits per heavy atom. The summed E-state index contributed by atoms with van der Waals surface area (Å²) in [6.45, 7) is 0.550. The van der Waals surface area contributed by atoms with Crippen molar-refractivity contribution in [2.45, 2.75) is 18.5 Å². The fourth-order valence-corrected chi connectivity index (χ4v) is 3.66. The molecule has 24 heavy (non-hydrogen) atoms. The van der Waals surface area contributed by atoms with E-state index in [1.165, 1.54) is 11.9 Å². The van der Waals surface area contributed by atoms with Gasteiger partial charge in [0.2, 0.25) is 0 Å². The number of nitrogens with one attached hydrogen (secondary N) is 1. The molecule has 2 saturated heterocycles. The number of imide groups is 1. The van der Waals surface area contributed by atoms with E-state index in [4.69, 9.17) is 0 Å². The topological polar surface area (TPSA) is 71.5 Å². The van der Waals surface area contributed by atoms with Crippen molar-refractivity contribution in [3.05, 3.63) is 35.9 Å². The Labute approximate surface area is 140 Å². The first-order valence-electron chi connectivity index (χ1n) is 7.91. The van der Waals surface area contributed by atoms with Crippen LogP contribution in [0.3, 0.4) is 0 Å². The fourth-order valence-electron chi connectivity index (χ4n) is 3.66. The monoisotopic (exact) mass is 328 g/mol. The van der Waals surface area contributed by atoms with Crippen LogP contribution in [0.2, 0.25) is 0 Å². The number of benzene rings is 1. The maximum absolute atomic E-state index is 12.7.